The highest BCUT2D eigenvalue weighted by Gasteiger charge is 2.37. The van der Waals surface area contributed by atoms with E-state index in [4.69, 9.17) is 39.5 Å². The Kier molecular flexibility index (Phi) is 5.07. The molecule has 0 rings (SSSR count). The van der Waals surface area contributed by atoms with Crippen molar-refractivity contribution in [3.8, 4) is 0 Å². The first-order valence-electron chi connectivity index (χ1n) is 3.21. The third-order valence-corrected chi connectivity index (χ3v) is 1.89. The minimum atomic E-state index is -1.74. The van der Waals surface area contributed by atoms with Crippen LogP contribution in [0.25, 0.3) is 0 Å². The molecule has 0 amide bonds. The molecule has 0 aliphatic rings. The lowest BCUT2D eigenvalue weighted by molar-refractivity contribution is -0.137. The highest BCUT2D eigenvalue weighted by Crippen LogP contribution is 2.35. The van der Waals surface area contributed by atoms with Gasteiger partial charge in [-0.2, -0.15) is 0 Å². The number of esters is 1. The van der Waals surface area contributed by atoms with Crippen LogP contribution in [-0.2, 0) is 14.3 Å². The SMILES string of the molecule is C=C(C(=O)OC)C(OC)C(Cl)(Cl)Cl. The fourth-order valence-electron chi connectivity index (χ4n) is 0.712. The van der Waals surface area contributed by atoms with Crippen LogP contribution in [0, 0.1) is 0 Å². The van der Waals surface area contributed by atoms with E-state index in [-0.39, 0.29) is 5.57 Å². The van der Waals surface area contributed by atoms with E-state index in [1.165, 1.54) is 14.2 Å². The fraction of sp³-hybridized carbons (Fsp3) is 0.571. The van der Waals surface area contributed by atoms with Crippen molar-refractivity contribution in [1.82, 2.24) is 0 Å². The lowest BCUT2D eigenvalue weighted by atomic mass is 10.2. The van der Waals surface area contributed by atoms with Crippen LogP contribution in [0.3, 0.4) is 0 Å². The molecule has 0 aromatic rings. The van der Waals surface area contributed by atoms with Crippen LogP contribution in [0.2, 0.25) is 0 Å². The summed E-state index contributed by atoms with van der Waals surface area (Å²) >= 11 is 16.6. The van der Waals surface area contributed by atoms with Crippen molar-refractivity contribution in [2.24, 2.45) is 0 Å². The van der Waals surface area contributed by atoms with Crippen LogP contribution in [0.4, 0.5) is 0 Å². The normalized spacial score (nSPS) is 13.6. The van der Waals surface area contributed by atoms with E-state index < -0.39 is 15.9 Å². The maximum atomic E-state index is 11.0. The molecule has 0 N–H and O–H groups in total. The van der Waals surface area contributed by atoms with Crippen LogP contribution >= 0.6 is 34.8 Å². The lowest BCUT2D eigenvalue weighted by Gasteiger charge is -2.23. The molecule has 3 nitrogen and oxygen atoms in total. The summed E-state index contributed by atoms with van der Waals surface area (Å²) < 4.78 is 7.46. The van der Waals surface area contributed by atoms with Gasteiger partial charge in [-0.05, 0) is 0 Å². The summed E-state index contributed by atoms with van der Waals surface area (Å²) in [7, 11) is 2.51. The van der Waals surface area contributed by atoms with Gasteiger partial charge in [0.1, 0.15) is 6.10 Å². The summed E-state index contributed by atoms with van der Waals surface area (Å²) in [5, 5.41) is 0. The van der Waals surface area contributed by atoms with Gasteiger partial charge in [0.05, 0.1) is 12.7 Å². The van der Waals surface area contributed by atoms with Crippen molar-refractivity contribution in [1.29, 1.82) is 0 Å². The molecule has 0 radical (unpaired) electrons. The van der Waals surface area contributed by atoms with Crippen LogP contribution in [-0.4, -0.2) is 30.1 Å². The maximum Gasteiger partial charge on any atom is 0.335 e. The average molecular weight is 248 g/mol. The van der Waals surface area contributed by atoms with E-state index >= 15 is 0 Å². The molecule has 0 spiro atoms. The minimum Gasteiger partial charge on any atom is -0.466 e. The fourth-order valence-corrected chi connectivity index (χ4v) is 1.37. The number of carbonyl (C=O) groups excluding carboxylic acids is 1. The second-order valence-corrected chi connectivity index (χ2v) is 4.54. The zero-order valence-electron chi connectivity index (χ0n) is 7.14. The molecule has 0 fully saturated rings. The van der Waals surface area contributed by atoms with E-state index in [0.29, 0.717) is 0 Å². The molecule has 0 aromatic carbocycles. The highest BCUT2D eigenvalue weighted by atomic mass is 35.6. The number of carbonyl (C=O) groups is 1. The smallest absolute Gasteiger partial charge is 0.335 e. The number of hydrogen-bond acceptors (Lipinski definition) is 3. The van der Waals surface area contributed by atoms with Crippen molar-refractivity contribution in [3.63, 3.8) is 0 Å². The molecule has 0 aliphatic heterocycles. The summed E-state index contributed by atoms with van der Waals surface area (Å²) in [6.45, 7) is 3.41. The molecular formula is C7H9Cl3O3. The molecule has 0 aromatic heterocycles. The predicted octanol–water partition coefficient (Wildman–Crippen LogP) is 2.10. The minimum absolute atomic E-state index is 0.0370. The Labute approximate surface area is 91.5 Å². The summed E-state index contributed by atoms with van der Waals surface area (Å²) in [6, 6.07) is 0. The van der Waals surface area contributed by atoms with Gasteiger partial charge in [-0.15, -0.1) is 0 Å². The number of ether oxygens (including phenoxy) is 2. The predicted molar refractivity (Wildman–Crippen MR) is 52.2 cm³/mol. The van der Waals surface area contributed by atoms with Gasteiger partial charge >= 0.3 is 5.97 Å². The molecule has 0 saturated carbocycles. The summed E-state index contributed by atoms with van der Waals surface area (Å²) in [6.07, 6.45) is -1.01. The molecule has 0 bridgehead atoms. The number of hydrogen-bond donors (Lipinski definition) is 0. The van der Waals surface area contributed by atoms with Gasteiger partial charge in [-0.1, -0.05) is 41.4 Å². The van der Waals surface area contributed by atoms with Gasteiger partial charge in [-0.3, -0.25) is 0 Å². The molecule has 6 heteroatoms. The van der Waals surface area contributed by atoms with E-state index in [9.17, 15) is 4.79 Å². The number of alkyl halides is 3. The zero-order valence-corrected chi connectivity index (χ0v) is 9.41. The number of rotatable bonds is 3. The third-order valence-electron chi connectivity index (χ3n) is 1.30. The van der Waals surface area contributed by atoms with Gasteiger partial charge in [0.15, 0.2) is 0 Å². The van der Waals surface area contributed by atoms with E-state index in [2.05, 4.69) is 11.3 Å². The van der Waals surface area contributed by atoms with Crippen molar-refractivity contribution < 1.29 is 14.3 Å². The van der Waals surface area contributed by atoms with Crippen molar-refractivity contribution in [2.75, 3.05) is 14.2 Å². The lowest BCUT2D eigenvalue weighted by Crippen LogP contribution is -2.32. The van der Waals surface area contributed by atoms with Crippen LogP contribution in [0.15, 0.2) is 12.2 Å². The van der Waals surface area contributed by atoms with E-state index in [1.807, 2.05) is 0 Å². The molecule has 1 unspecified atom stereocenters. The van der Waals surface area contributed by atoms with Gasteiger partial charge in [0.25, 0.3) is 0 Å². The Morgan fingerprint density at radius 1 is 1.38 bits per heavy atom. The topological polar surface area (TPSA) is 35.5 Å². The van der Waals surface area contributed by atoms with Crippen molar-refractivity contribution >= 4 is 40.8 Å². The van der Waals surface area contributed by atoms with E-state index in [0.717, 1.165) is 0 Å². The summed E-state index contributed by atoms with van der Waals surface area (Å²) in [5.74, 6) is -0.668. The summed E-state index contributed by atoms with van der Waals surface area (Å²) in [4.78, 5) is 11.0. The Bertz CT molecular complexity index is 210. The number of halogens is 3. The molecule has 76 valence electrons. The summed E-state index contributed by atoms with van der Waals surface area (Å²) in [5.41, 5.74) is -0.0370. The quantitative estimate of drug-likeness (QED) is 0.435. The molecule has 0 saturated heterocycles. The molecule has 13 heavy (non-hydrogen) atoms. The molecule has 0 aliphatic carbocycles. The first-order valence-corrected chi connectivity index (χ1v) is 4.34. The second kappa shape index (κ2) is 5.05. The van der Waals surface area contributed by atoms with Crippen molar-refractivity contribution in [3.05, 3.63) is 12.2 Å². The van der Waals surface area contributed by atoms with Gasteiger partial charge in [0.2, 0.25) is 3.79 Å². The van der Waals surface area contributed by atoms with E-state index in [1.54, 1.807) is 0 Å². The van der Waals surface area contributed by atoms with Crippen LogP contribution in [0.5, 0.6) is 0 Å². The monoisotopic (exact) mass is 246 g/mol. The Morgan fingerprint density at radius 2 is 1.85 bits per heavy atom. The maximum absolute atomic E-state index is 11.0. The Morgan fingerprint density at radius 3 is 2.08 bits per heavy atom. The van der Waals surface area contributed by atoms with Gasteiger partial charge in [0, 0.05) is 7.11 Å². The second-order valence-electron chi connectivity index (χ2n) is 2.17. The van der Waals surface area contributed by atoms with Gasteiger partial charge < -0.3 is 9.47 Å². The molecule has 0 heterocycles. The van der Waals surface area contributed by atoms with Crippen LogP contribution < -0.4 is 0 Å². The average Bonchev–Trinajstić information content (AvgIpc) is 2.01. The zero-order chi connectivity index (χ0) is 10.6. The standard InChI is InChI=1S/C7H9Cl3O3/c1-4(6(11)13-3)5(12-2)7(8,9)10/h5H,1H2,2-3H3. The van der Waals surface area contributed by atoms with Crippen LogP contribution in [0.1, 0.15) is 0 Å². The first-order chi connectivity index (χ1) is 5.84. The third kappa shape index (κ3) is 3.73. The Hall–Kier alpha value is 0.0400. The largest absolute Gasteiger partial charge is 0.466 e. The molecular weight excluding hydrogens is 238 g/mol. The molecule has 1 atom stereocenters. The first kappa shape index (κ1) is 13.0. The Balaban J connectivity index is 4.61. The van der Waals surface area contributed by atoms with Crippen molar-refractivity contribution in [2.45, 2.75) is 9.90 Å². The highest BCUT2D eigenvalue weighted by molar-refractivity contribution is 6.68. The number of methoxy groups -OCH3 is 2. The van der Waals surface area contributed by atoms with Gasteiger partial charge in [-0.25, -0.2) is 4.79 Å².